The molecule has 0 bridgehead atoms. The minimum Gasteiger partial charge on any atom is -0.483 e. The van der Waals surface area contributed by atoms with E-state index in [-0.39, 0.29) is 11.6 Å². The van der Waals surface area contributed by atoms with Gasteiger partial charge in [-0.05, 0) is 44.5 Å². The van der Waals surface area contributed by atoms with Gasteiger partial charge in [0.2, 0.25) is 0 Å². The smallest absolute Gasteiger partial charge is 0.165 e. The molecule has 0 spiro atoms. The van der Waals surface area contributed by atoms with Gasteiger partial charge in [0, 0.05) is 4.88 Å². The molecule has 5 heteroatoms. The molecule has 1 heterocycles. The molecule has 0 aliphatic rings. The number of benzene rings is 1. The van der Waals surface area contributed by atoms with Crippen molar-refractivity contribution in [1.82, 2.24) is 4.98 Å². The molecule has 2 N–H and O–H groups in total. The monoisotopic (exact) mass is 280 g/mol. The number of aryl methyl sites for hydroxylation is 2. The van der Waals surface area contributed by atoms with E-state index in [1.165, 1.54) is 6.07 Å². The highest BCUT2D eigenvalue weighted by Crippen LogP contribution is 2.22. The van der Waals surface area contributed by atoms with Gasteiger partial charge in [0.25, 0.3) is 0 Å². The quantitative estimate of drug-likeness (QED) is 0.916. The van der Waals surface area contributed by atoms with E-state index in [9.17, 15) is 4.39 Å². The van der Waals surface area contributed by atoms with Crippen molar-refractivity contribution >= 4 is 11.3 Å². The summed E-state index contributed by atoms with van der Waals surface area (Å²) in [6.07, 6.45) is 0.669. The van der Waals surface area contributed by atoms with E-state index in [0.717, 1.165) is 21.1 Å². The molecule has 0 saturated heterocycles. The number of nitrogens with zero attached hydrogens (tertiary/aromatic N) is 1. The van der Waals surface area contributed by atoms with Gasteiger partial charge in [0.1, 0.15) is 11.6 Å². The summed E-state index contributed by atoms with van der Waals surface area (Å²) in [7, 11) is 0. The second kappa shape index (κ2) is 6.12. The Bertz CT molecular complexity index is 549. The average Bonchev–Trinajstić information content (AvgIpc) is 2.68. The van der Waals surface area contributed by atoms with Gasteiger partial charge < -0.3 is 10.5 Å². The van der Waals surface area contributed by atoms with Gasteiger partial charge in [0.05, 0.1) is 5.69 Å². The van der Waals surface area contributed by atoms with Gasteiger partial charge in [-0.15, -0.1) is 11.3 Å². The Hall–Kier alpha value is -1.46. The summed E-state index contributed by atoms with van der Waals surface area (Å²) >= 11 is 1.58. The molecule has 2 rings (SSSR count). The lowest BCUT2D eigenvalue weighted by atomic mass is 10.1. The predicted molar refractivity (Wildman–Crippen MR) is 75.1 cm³/mol. The molecular weight excluding hydrogens is 263 g/mol. The molecule has 102 valence electrons. The van der Waals surface area contributed by atoms with Crippen LogP contribution in [0.1, 0.15) is 21.1 Å². The first-order valence-electron chi connectivity index (χ1n) is 6.14. The Balaban J connectivity index is 2.03. The predicted octanol–water partition coefficient (Wildman–Crippen LogP) is 2.98. The van der Waals surface area contributed by atoms with E-state index in [1.54, 1.807) is 17.4 Å². The normalized spacial score (nSPS) is 10.7. The van der Waals surface area contributed by atoms with Gasteiger partial charge in [-0.25, -0.2) is 9.37 Å². The zero-order valence-corrected chi connectivity index (χ0v) is 11.9. The number of hydrogen-bond donors (Lipinski definition) is 1. The summed E-state index contributed by atoms with van der Waals surface area (Å²) in [5.74, 6) is -0.0952. The van der Waals surface area contributed by atoms with Crippen molar-refractivity contribution in [3.63, 3.8) is 0 Å². The van der Waals surface area contributed by atoms with Crippen molar-refractivity contribution in [2.45, 2.75) is 26.9 Å². The van der Waals surface area contributed by atoms with Crippen LogP contribution in [0.4, 0.5) is 4.39 Å². The summed E-state index contributed by atoms with van der Waals surface area (Å²) in [4.78, 5) is 5.52. The summed E-state index contributed by atoms with van der Waals surface area (Å²) in [6.45, 7) is 4.78. The highest BCUT2D eigenvalue weighted by molar-refractivity contribution is 7.11. The van der Waals surface area contributed by atoms with Crippen LogP contribution in [-0.4, -0.2) is 11.5 Å². The van der Waals surface area contributed by atoms with Crippen LogP contribution in [0.3, 0.4) is 0 Å². The highest BCUT2D eigenvalue weighted by atomic mass is 32.1. The minimum atomic E-state index is -0.351. The molecule has 0 fully saturated rings. The molecule has 0 amide bonds. The van der Waals surface area contributed by atoms with Crippen molar-refractivity contribution in [3.8, 4) is 5.75 Å². The Kier molecular flexibility index (Phi) is 4.50. The highest BCUT2D eigenvalue weighted by Gasteiger charge is 2.08. The van der Waals surface area contributed by atoms with Crippen LogP contribution in [-0.2, 0) is 13.0 Å². The van der Waals surface area contributed by atoms with Crippen LogP contribution in [0, 0.1) is 19.7 Å². The summed E-state index contributed by atoms with van der Waals surface area (Å²) in [5.41, 5.74) is 7.32. The molecule has 0 aliphatic heterocycles. The van der Waals surface area contributed by atoms with Crippen LogP contribution in [0.2, 0.25) is 0 Å². The summed E-state index contributed by atoms with van der Waals surface area (Å²) in [5, 5.41) is 0.862. The fourth-order valence-electron chi connectivity index (χ4n) is 1.72. The third-order valence-electron chi connectivity index (χ3n) is 2.85. The van der Waals surface area contributed by atoms with E-state index in [4.69, 9.17) is 10.5 Å². The summed E-state index contributed by atoms with van der Waals surface area (Å²) < 4.78 is 19.2. The molecule has 0 radical (unpaired) electrons. The van der Waals surface area contributed by atoms with Gasteiger partial charge >= 0.3 is 0 Å². The van der Waals surface area contributed by atoms with E-state index >= 15 is 0 Å². The lowest BCUT2D eigenvalue weighted by molar-refractivity contribution is 0.289. The zero-order chi connectivity index (χ0) is 13.8. The Labute approximate surface area is 116 Å². The Morgan fingerprint density at radius 2 is 2.16 bits per heavy atom. The lowest BCUT2D eigenvalue weighted by Gasteiger charge is -2.07. The fourth-order valence-corrected chi connectivity index (χ4v) is 2.57. The SMILES string of the molecule is Cc1nc(COc2ccc(CCN)cc2F)sc1C. The second-order valence-electron chi connectivity index (χ2n) is 4.34. The molecule has 0 unspecified atom stereocenters. The van der Waals surface area contributed by atoms with Crippen molar-refractivity contribution < 1.29 is 9.13 Å². The zero-order valence-electron chi connectivity index (χ0n) is 11.1. The molecule has 1 aromatic heterocycles. The third kappa shape index (κ3) is 3.52. The number of halogens is 1. The first-order chi connectivity index (χ1) is 9.10. The number of thiazole rings is 1. The largest absolute Gasteiger partial charge is 0.483 e. The fraction of sp³-hybridized carbons (Fsp3) is 0.357. The Morgan fingerprint density at radius 1 is 1.37 bits per heavy atom. The third-order valence-corrected chi connectivity index (χ3v) is 3.90. The average molecular weight is 280 g/mol. The topological polar surface area (TPSA) is 48.1 Å². The van der Waals surface area contributed by atoms with Crippen molar-refractivity contribution in [2.75, 3.05) is 6.54 Å². The van der Waals surface area contributed by atoms with Crippen LogP contribution < -0.4 is 10.5 Å². The lowest BCUT2D eigenvalue weighted by Crippen LogP contribution is -2.03. The molecule has 19 heavy (non-hydrogen) atoms. The molecule has 3 nitrogen and oxygen atoms in total. The van der Waals surface area contributed by atoms with Gasteiger partial charge in [-0.2, -0.15) is 0 Å². The van der Waals surface area contributed by atoms with Crippen molar-refractivity contribution in [1.29, 1.82) is 0 Å². The maximum Gasteiger partial charge on any atom is 0.165 e. The molecule has 2 aromatic rings. The second-order valence-corrected chi connectivity index (χ2v) is 5.63. The first kappa shape index (κ1) is 14.0. The number of hydrogen-bond acceptors (Lipinski definition) is 4. The van der Waals surface area contributed by atoms with Gasteiger partial charge in [-0.3, -0.25) is 0 Å². The first-order valence-corrected chi connectivity index (χ1v) is 6.96. The van der Waals surface area contributed by atoms with Crippen LogP contribution in [0.5, 0.6) is 5.75 Å². The van der Waals surface area contributed by atoms with Crippen LogP contribution in [0.25, 0.3) is 0 Å². The standard InChI is InChI=1S/C14H17FN2OS/c1-9-10(2)19-14(17-9)8-18-13-4-3-11(5-6-16)7-12(13)15/h3-4,7H,5-6,8,16H2,1-2H3. The maximum atomic E-state index is 13.8. The van der Waals surface area contributed by atoms with Crippen molar-refractivity contribution in [3.05, 3.63) is 45.2 Å². The number of ether oxygens (including phenoxy) is 1. The molecule has 0 aliphatic carbocycles. The van der Waals surface area contributed by atoms with E-state index in [0.29, 0.717) is 19.6 Å². The van der Waals surface area contributed by atoms with Gasteiger partial charge in [0.15, 0.2) is 11.6 Å². The van der Waals surface area contributed by atoms with E-state index < -0.39 is 0 Å². The van der Waals surface area contributed by atoms with Crippen LogP contribution in [0.15, 0.2) is 18.2 Å². The molecule has 0 saturated carbocycles. The van der Waals surface area contributed by atoms with E-state index in [2.05, 4.69) is 4.98 Å². The van der Waals surface area contributed by atoms with Crippen LogP contribution >= 0.6 is 11.3 Å². The van der Waals surface area contributed by atoms with E-state index in [1.807, 2.05) is 19.9 Å². The summed E-state index contributed by atoms with van der Waals surface area (Å²) in [6, 6.07) is 4.96. The number of nitrogens with two attached hydrogens (primary N) is 1. The number of aromatic nitrogens is 1. The number of rotatable bonds is 5. The van der Waals surface area contributed by atoms with Crippen molar-refractivity contribution in [2.24, 2.45) is 5.73 Å². The molecule has 1 aromatic carbocycles. The molecular formula is C14H17FN2OS. The maximum absolute atomic E-state index is 13.8. The Morgan fingerprint density at radius 3 is 2.74 bits per heavy atom. The minimum absolute atomic E-state index is 0.256. The molecule has 0 atom stereocenters. The van der Waals surface area contributed by atoms with Gasteiger partial charge in [-0.1, -0.05) is 6.07 Å².